The van der Waals surface area contributed by atoms with Gasteiger partial charge in [-0.25, -0.2) is 14.6 Å². The Morgan fingerprint density at radius 3 is 2.83 bits per heavy atom. The molecular weight excluding hydrogens is 182 g/mol. The van der Waals surface area contributed by atoms with Gasteiger partial charge in [0.15, 0.2) is 5.69 Å². The highest BCUT2D eigenvalue weighted by molar-refractivity contribution is 7.12. The summed E-state index contributed by atoms with van der Waals surface area (Å²) in [5.74, 6) is -1.90. The number of carbonyl (C=O) groups excluding carboxylic acids is 1. The van der Waals surface area contributed by atoms with Crippen LogP contribution in [0.3, 0.4) is 0 Å². The van der Waals surface area contributed by atoms with E-state index in [4.69, 9.17) is 5.11 Å². The molecule has 0 atom stereocenters. The van der Waals surface area contributed by atoms with E-state index < -0.39 is 11.9 Å². The fraction of sp³-hybridized carbons (Fsp3) is 0.167. The lowest BCUT2D eigenvalue weighted by Crippen LogP contribution is -2.07. The number of nitrogens with zero attached hydrogens (tertiary/aromatic N) is 1. The first-order chi connectivity index (χ1) is 5.66. The molecule has 0 saturated heterocycles. The van der Waals surface area contributed by atoms with E-state index in [9.17, 15) is 9.59 Å². The number of carboxylic acid groups (broad SMARTS) is 1. The first-order valence-corrected chi connectivity index (χ1v) is 3.80. The van der Waals surface area contributed by atoms with Crippen LogP contribution in [-0.2, 0) is 4.74 Å². The van der Waals surface area contributed by atoms with Crippen LogP contribution in [0.4, 0.5) is 0 Å². The van der Waals surface area contributed by atoms with Gasteiger partial charge in [-0.1, -0.05) is 0 Å². The Labute approximate surface area is 71.6 Å². The van der Waals surface area contributed by atoms with Gasteiger partial charge in [0.25, 0.3) is 0 Å². The molecule has 0 aliphatic carbocycles. The zero-order valence-corrected chi connectivity index (χ0v) is 6.92. The lowest BCUT2D eigenvalue weighted by Gasteiger charge is -1.94. The Kier molecular flexibility index (Phi) is 2.39. The van der Waals surface area contributed by atoms with Crippen molar-refractivity contribution in [3.63, 3.8) is 0 Å². The molecule has 5 nitrogen and oxygen atoms in total. The van der Waals surface area contributed by atoms with Crippen molar-refractivity contribution in [2.75, 3.05) is 7.11 Å². The Morgan fingerprint density at radius 2 is 2.33 bits per heavy atom. The summed E-state index contributed by atoms with van der Waals surface area (Å²) in [6.07, 6.45) is 0. The summed E-state index contributed by atoms with van der Waals surface area (Å²) in [6.45, 7) is 0. The number of aromatic carboxylic acids is 1. The Morgan fingerprint density at radius 1 is 1.67 bits per heavy atom. The largest absolute Gasteiger partial charge is 0.476 e. The molecule has 0 spiro atoms. The quantitative estimate of drug-likeness (QED) is 0.687. The Bertz CT molecular complexity index is 319. The highest BCUT2D eigenvalue weighted by Crippen LogP contribution is 2.13. The predicted molar refractivity (Wildman–Crippen MR) is 40.4 cm³/mol. The zero-order valence-electron chi connectivity index (χ0n) is 6.10. The zero-order chi connectivity index (χ0) is 9.14. The summed E-state index contributed by atoms with van der Waals surface area (Å²) in [5, 5.41) is 8.54. The van der Waals surface area contributed by atoms with E-state index in [0.717, 1.165) is 11.3 Å². The van der Waals surface area contributed by atoms with Crippen LogP contribution in [0.2, 0.25) is 0 Å². The summed E-state index contributed by atoms with van der Waals surface area (Å²) < 4.78 is 4.35. The number of ether oxygens (including phenoxy) is 1. The van der Waals surface area contributed by atoms with Gasteiger partial charge in [0.1, 0.15) is 4.88 Å². The van der Waals surface area contributed by atoms with Gasteiger partial charge in [-0.3, -0.25) is 0 Å². The number of rotatable bonds is 2. The molecule has 1 aromatic heterocycles. The first kappa shape index (κ1) is 8.66. The SMILES string of the molecule is COC(=O)c1scnc1C(=O)O. The molecule has 0 saturated carbocycles. The smallest absolute Gasteiger partial charge is 0.356 e. The van der Waals surface area contributed by atoms with Gasteiger partial charge in [-0.05, 0) is 0 Å². The van der Waals surface area contributed by atoms with Crippen molar-refractivity contribution in [2.45, 2.75) is 0 Å². The Hall–Kier alpha value is -1.43. The second-order valence-electron chi connectivity index (χ2n) is 1.83. The molecular formula is C6H5NO4S. The number of carbonyl (C=O) groups is 2. The van der Waals surface area contributed by atoms with Crippen molar-refractivity contribution in [1.82, 2.24) is 4.98 Å². The summed E-state index contributed by atoms with van der Waals surface area (Å²) in [7, 11) is 1.19. The van der Waals surface area contributed by atoms with Crippen LogP contribution in [-0.4, -0.2) is 29.1 Å². The molecule has 0 fully saturated rings. The Balaban J connectivity index is 3.07. The van der Waals surface area contributed by atoms with E-state index in [1.165, 1.54) is 12.6 Å². The normalized spacial score (nSPS) is 9.42. The van der Waals surface area contributed by atoms with Crippen molar-refractivity contribution < 1.29 is 19.4 Å². The summed E-state index contributed by atoms with van der Waals surface area (Å²) in [6, 6.07) is 0. The van der Waals surface area contributed by atoms with E-state index in [-0.39, 0.29) is 10.6 Å². The van der Waals surface area contributed by atoms with Crippen LogP contribution in [0.5, 0.6) is 0 Å². The molecule has 1 rings (SSSR count). The van der Waals surface area contributed by atoms with Crippen LogP contribution in [0.15, 0.2) is 5.51 Å². The molecule has 1 heterocycles. The van der Waals surface area contributed by atoms with E-state index in [0.29, 0.717) is 0 Å². The molecule has 1 N–H and O–H groups in total. The molecule has 0 aromatic carbocycles. The fourth-order valence-corrected chi connectivity index (χ4v) is 1.33. The lowest BCUT2D eigenvalue weighted by molar-refractivity contribution is 0.0587. The lowest BCUT2D eigenvalue weighted by atomic mass is 10.4. The second kappa shape index (κ2) is 3.31. The number of esters is 1. The number of methoxy groups -OCH3 is 1. The molecule has 6 heteroatoms. The maximum absolute atomic E-state index is 10.9. The number of carboxylic acids is 1. The van der Waals surface area contributed by atoms with Crippen molar-refractivity contribution in [2.24, 2.45) is 0 Å². The minimum absolute atomic E-state index is 0.0185. The maximum Gasteiger partial charge on any atom is 0.356 e. The van der Waals surface area contributed by atoms with Crippen molar-refractivity contribution in [3.05, 3.63) is 16.1 Å². The van der Waals surface area contributed by atoms with Gasteiger partial charge in [0, 0.05) is 0 Å². The van der Waals surface area contributed by atoms with Gasteiger partial charge in [0.2, 0.25) is 0 Å². The van der Waals surface area contributed by atoms with Crippen LogP contribution >= 0.6 is 11.3 Å². The van der Waals surface area contributed by atoms with Gasteiger partial charge in [0.05, 0.1) is 12.6 Å². The van der Waals surface area contributed by atoms with Crippen LogP contribution in [0.1, 0.15) is 20.2 Å². The van der Waals surface area contributed by atoms with Crippen molar-refractivity contribution >= 4 is 23.3 Å². The van der Waals surface area contributed by atoms with Crippen molar-refractivity contribution in [3.8, 4) is 0 Å². The molecule has 0 radical (unpaired) electrons. The molecule has 0 unspecified atom stereocenters. The van der Waals surface area contributed by atoms with Crippen LogP contribution in [0, 0.1) is 0 Å². The minimum atomic E-state index is -1.23. The average Bonchev–Trinajstić information content (AvgIpc) is 2.50. The van der Waals surface area contributed by atoms with Gasteiger partial charge < -0.3 is 9.84 Å². The van der Waals surface area contributed by atoms with E-state index >= 15 is 0 Å². The summed E-state index contributed by atoms with van der Waals surface area (Å²) in [5.41, 5.74) is 1.03. The van der Waals surface area contributed by atoms with E-state index in [2.05, 4.69) is 9.72 Å². The van der Waals surface area contributed by atoms with Gasteiger partial charge >= 0.3 is 11.9 Å². The third kappa shape index (κ3) is 1.42. The number of hydrogen-bond acceptors (Lipinski definition) is 5. The fourth-order valence-electron chi connectivity index (χ4n) is 0.636. The second-order valence-corrected chi connectivity index (χ2v) is 2.68. The van der Waals surface area contributed by atoms with Gasteiger partial charge in [-0.15, -0.1) is 11.3 Å². The summed E-state index contributed by atoms with van der Waals surface area (Å²) in [4.78, 5) is 24.8. The summed E-state index contributed by atoms with van der Waals surface area (Å²) >= 11 is 0.944. The monoisotopic (exact) mass is 187 g/mol. The molecule has 12 heavy (non-hydrogen) atoms. The third-order valence-electron chi connectivity index (χ3n) is 1.14. The topological polar surface area (TPSA) is 76.5 Å². The predicted octanol–water partition coefficient (Wildman–Crippen LogP) is 0.628. The number of aromatic nitrogens is 1. The standard InChI is InChI=1S/C6H5NO4S/c1-11-6(10)4-3(5(8)9)7-2-12-4/h2H,1H3,(H,8,9). The van der Waals surface area contributed by atoms with E-state index in [1.807, 2.05) is 0 Å². The molecule has 0 amide bonds. The van der Waals surface area contributed by atoms with Gasteiger partial charge in [-0.2, -0.15) is 0 Å². The van der Waals surface area contributed by atoms with Crippen LogP contribution < -0.4 is 0 Å². The first-order valence-electron chi connectivity index (χ1n) is 2.92. The maximum atomic E-state index is 10.9. The number of thiazole rings is 1. The molecule has 0 aliphatic rings. The number of hydrogen-bond donors (Lipinski definition) is 1. The molecule has 1 aromatic rings. The molecule has 0 bridgehead atoms. The average molecular weight is 187 g/mol. The third-order valence-corrected chi connectivity index (χ3v) is 1.95. The minimum Gasteiger partial charge on any atom is -0.476 e. The molecule has 64 valence electrons. The van der Waals surface area contributed by atoms with Crippen LogP contribution in [0.25, 0.3) is 0 Å². The molecule has 0 aliphatic heterocycles. The highest BCUT2D eigenvalue weighted by Gasteiger charge is 2.19. The highest BCUT2D eigenvalue weighted by atomic mass is 32.1. The van der Waals surface area contributed by atoms with Crippen molar-refractivity contribution in [1.29, 1.82) is 0 Å². The van der Waals surface area contributed by atoms with E-state index in [1.54, 1.807) is 0 Å².